The highest BCUT2D eigenvalue weighted by atomic mass is 32.1. The van der Waals surface area contributed by atoms with E-state index in [1.165, 1.54) is 36.1 Å². The second-order valence-corrected chi connectivity index (χ2v) is 7.91. The first kappa shape index (κ1) is 17.4. The van der Waals surface area contributed by atoms with Gasteiger partial charge in [-0.1, -0.05) is 12.8 Å². The van der Waals surface area contributed by atoms with Crippen molar-refractivity contribution in [2.24, 2.45) is 0 Å². The first-order valence-corrected chi connectivity index (χ1v) is 9.57. The van der Waals surface area contributed by atoms with Gasteiger partial charge in [0.2, 0.25) is 0 Å². The lowest BCUT2D eigenvalue weighted by atomic mass is 9.99. The number of carbonyl (C=O) groups is 2. The number of hydrogen-bond acceptors (Lipinski definition) is 4. The average Bonchev–Trinajstić information content (AvgIpc) is 3.10. The quantitative estimate of drug-likeness (QED) is 0.905. The Morgan fingerprint density at radius 2 is 2.04 bits per heavy atom. The minimum atomic E-state index is -0.868. The highest BCUT2D eigenvalue weighted by Crippen LogP contribution is 2.32. The van der Waals surface area contributed by atoms with E-state index in [0.717, 1.165) is 17.7 Å². The lowest BCUT2D eigenvalue weighted by Crippen LogP contribution is -2.36. The van der Waals surface area contributed by atoms with E-state index in [-0.39, 0.29) is 24.5 Å². The Morgan fingerprint density at radius 1 is 1.29 bits per heavy atom. The summed E-state index contributed by atoms with van der Waals surface area (Å²) in [6, 6.07) is 1.77. The Kier molecular flexibility index (Phi) is 5.56. The number of carboxylic acid groups (broad SMARTS) is 1. The molecule has 24 heavy (non-hydrogen) atoms. The van der Waals surface area contributed by atoms with Crippen LogP contribution in [0.25, 0.3) is 0 Å². The van der Waals surface area contributed by atoms with Crippen LogP contribution in [-0.2, 0) is 22.4 Å². The van der Waals surface area contributed by atoms with Gasteiger partial charge < -0.3 is 14.7 Å². The number of methoxy groups -OCH3 is 1. The maximum absolute atomic E-state index is 13.0. The zero-order valence-corrected chi connectivity index (χ0v) is 14.9. The molecule has 132 valence electrons. The molecule has 0 aromatic carbocycles. The van der Waals surface area contributed by atoms with Crippen molar-refractivity contribution >= 4 is 23.2 Å². The summed E-state index contributed by atoms with van der Waals surface area (Å²) in [5.74, 6) is -0.898. The van der Waals surface area contributed by atoms with Crippen molar-refractivity contribution < 1.29 is 19.4 Å². The van der Waals surface area contributed by atoms with Gasteiger partial charge in [0.05, 0.1) is 17.4 Å². The Balaban J connectivity index is 1.79. The first-order chi connectivity index (χ1) is 11.6. The predicted octanol–water partition coefficient (Wildman–Crippen LogP) is 3.11. The van der Waals surface area contributed by atoms with Crippen molar-refractivity contribution in [3.63, 3.8) is 0 Å². The molecule has 2 heterocycles. The van der Waals surface area contributed by atoms with Crippen LogP contribution in [0.2, 0.25) is 0 Å². The molecule has 1 N–H and O–H groups in total. The predicted molar refractivity (Wildman–Crippen MR) is 92.7 cm³/mol. The maximum Gasteiger partial charge on any atom is 0.305 e. The summed E-state index contributed by atoms with van der Waals surface area (Å²) in [7, 11) is 1.62. The van der Waals surface area contributed by atoms with Gasteiger partial charge in [0.15, 0.2) is 0 Å². The molecule has 3 rings (SSSR count). The van der Waals surface area contributed by atoms with Gasteiger partial charge in [-0.2, -0.15) is 0 Å². The third kappa shape index (κ3) is 3.81. The van der Waals surface area contributed by atoms with E-state index in [1.54, 1.807) is 23.3 Å². The fourth-order valence-electron chi connectivity index (χ4n) is 3.78. The van der Waals surface area contributed by atoms with Crippen LogP contribution in [0.15, 0.2) is 6.07 Å². The number of amides is 1. The molecule has 1 saturated heterocycles. The minimum Gasteiger partial charge on any atom is -0.481 e. The lowest BCUT2D eigenvalue weighted by Gasteiger charge is -2.22. The number of aryl methyl sites for hydroxylation is 2. The molecule has 6 heteroatoms. The summed E-state index contributed by atoms with van der Waals surface area (Å²) in [4.78, 5) is 27.9. The molecule has 0 bridgehead atoms. The monoisotopic (exact) mass is 351 g/mol. The van der Waals surface area contributed by atoms with Gasteiger partial charge in [0.25, 0.3) is 5.91 Å². The van der Waals surface area contributed by atoms with Crippen molar-refractivity contribution in [3.05, 3.63) is 21.4 Å². The largest absolute Gasteiger partial charge is 0.481 e. The molecule has 2 atom stereocenters. The van der Waals surface area contributed by atoms with Gasteiger partial charge in [-0.05, 0) is 43.7 Å². The highest BCUT2D eigenvalue weighted by molar-refractivity contribution is 7.14. The molecule has 0 saturated carbocycles. The van der Waals surface area contributed by atoms with Crippen LogP contribution in [0.3, 0.4) is 0 Å². The smallest absolute Gasteiger partial charge is 0.305 e. The molecule has 0 spiro atoms. The molecule has 1 aliphatic carbocycles. The SMILES string of the molecule is COC1CC(CC(=O)O)N(C(=O)c2cc3c(s2)CCCCCC3)C1. The van der Waals surface area contributed by atoms with E-state index >= 15 is 0 Å². The number of ether oxygens (including phenoxy) is 1. The fourth-order valence-corrected chi connectivity index (χ4v) is 4.99. The highest BCUT2D eigenvalue weighted by Gasteiger charge is 2.37. The summed E-state index contributed by atoms with van der Waals surface area (Å²) in [5, 5.41) is 9.12. The van der Waals surface area contributed by atoms with E-state index in [0.29, 0.717) is 13.0 Å². The molecule has 0 radical (unpaired) electrons. The van der Waals surface area contributed by atoms with E-state index in [2.05, 4.69) is 0 Å². The zero-order valence-electron chi connectivity index (χ0n) is 14.1. The van der Waals surface area contributed by atoms with Crippen LogP contribution in [0.5, 0.6) is 0 Å². The molecular formula is C18H25NO4S. The maximum atomic E-state index is 13.0. The van der Waals surface area contributed by atoms with Gasteiger partial charge in [-0.3, -0.25) is 9.59 Å². The minimum absolute atomic E-state index is 0.0172. The van der Waals surface area contributed by atoms with Gasteiger partial charge in [-0.25, -0.2) is 0 Å². The Bertz CT molecular complexity index is 587. The Morgan fingerprint density at radius 3 is 2.75 bits per heavy atom. The number of thiophene rings is 1. The van der Waals surface area contributed by atoms with Gasteiger partial charge >= 0.3 is 5.97 Å². The topological polar surface area (TPSA) is 66.8 Å². The van der Waals surface area contributed by atoms with Crippen molar-refractivity contribution in [1.29, 1.82) is 0 Å². The number of aliphatic carboxylic acids is 1. The van der Waals surface area contributed by atoms with Gasteiger partial charge in [0.1, 0.15) is 0 Å². The summed E-state index contributed by atoms with van der Waals surface area (Å²) in [5.41, 5.74) is 1.32. The molecule has 1 aliphatic heterocycles. The molecule has 1 fully saturated rings. The van der Waals surface area contributed by atoms with Crippen LogP contribution in [-0.4, -0.2) is 47.7 Å². The number of likely N-dealkylation sites (tertiary alicyclic amines) is 1. The van der Waals surface area contributed by atoms with Crippen molar-refractivity contribution in [1.82, 2.24) is 4.90 Å². The van der Waals surface area contributed by atoms with E-state index in [9.17, 15) is 9.59 Å². The Hall–Kier alpha value is -1.40. The average molecular weight is 351 g/mol. The number of rotatable bonds is 4. The number of carboxylic acids is 1. The summed E-state index contributed by atoms with van der Waals surface area (Å²) in [6.45, 7) is 0.482. The second kappa shape index (κ2) is 7.66. The standard InChI is InChI=1S/C18H25NO4S/c1-23-14-9-13(10-17(20)21)19(11-14)18(22)16-8-12-6-4-2-3-5-7-15(12)24-16/h8,13-14H,2-7,9-11H2,1H3,(H,20,21). The molecule has 2 aliphatic rings. The molecular weight excluding hydrogens is 326 g/mol. The van der Waals surface area contributed by atoms with Crippen molar-refractivity contribution in [3.8, 4) is 0 Å². The number of hydrogen-bond donors (Lipinski definition) is 1. The van der Waals surface area contributed by atoms with Crippen molar-refractivity contribution in [2.75, 3.05) is 13.7 Å². The third-order valence-corrected chi connectivity index (χ3v) is 6.31. The van der Waals surface area contributed by atoms with Crippen LogP contribution in [0.4, 0.5) is 0 Å². The van der Waals surface area contributed by atoms with Gasteiger partial charge in [-0.15, -0.1) is 11.3 Å². The molecule has 1 aromatic rings. The summed E-state index contributed by atoms with van der Waals surface area (Å²) < 4.78 is 5.37. The van der Waals surface area contributed by atoms with E-state index < -0.39 is 5.97 Å². The molecule has 5 nitrogen and oxygen atoms in total. The number of carbonyl (C=O) groups excluding carboxylic acids is 1. The third-order valence-electron chi connectivity index (χ3n) is 5.09. The number of nitrogens with zero attached hydrogens (tertiary/aromatic N) is 1. The zero-order chi connectivity index (χ0) is 17.1. The normalized spacial score (nSPS) is 24.3. The summed E-state index contributed by atoms with van der Waals surface area (Å²) in [6.07, 6.45) is 7.54. The second-order valence-electron chi connectivity index (χ2n) is 6.78. The molecule has 1 aromatic heterocycles. The van der Waals surface area contributed by atoms with Crippen LogP contribution in [0.1, 0.15) is 58.6 Å². The fraction of sp³-hybridized carbons (Fsp3) is 0.667. The van der Waals surface area contributed by atoms with Crippen LogP contribution < -0.4 is 0 Å². The summed E-state index contributed by atoms with van der Waals surface area (Å²) >= 11 is 1.60. The molecule has 2 unspecified atom stereocenters. The lowest BCUT2D eigenvalue weighted by molar-refractivity contribution is -0.137. The van der Waals surface area contributed by atoms with Crippen LogP contribution in [0, 0.1) is 0 Å². The molecule has 1 amide bonds. The van der Waals surface area contributed by atoms with Crippen molar-refractivity contribution in [2.45, 2.75) is 63.5 Å². The first-order valence-electron chi connectivity index (χ1n) is 8.75. The van der Waals surface area contributed by atoms with E-state index in [4.69, 9.17) is 9.84 Å². The van der Waals surface area contributed by atoms with E-state index in [1.807, 2.05) is 6.07 Å². The number of fused-ring (bicyclic) bond motifs is 1. The van der Waals surface area contributed by atoms with Crippen LogP contribution >= 0.6 is 11.3 Å². The van der Waals surface area contributed by atoms with Gasteiger partial charge in [0, 0.05) is 24.6 Å². The Labute approximate surface area is 146 Å².